The normalized spacial score (nSPS) is 14.1. The molecule has 0 bridgehead atoms. The smallest absolute Gasteiger partial charge is 0.237 e. The Kier molecular flexibility index (Phi) is 6.04. The number of hydrogen-bond acceptors (Lipinski definition) is 3. The van der Waals surface area contributed by atoms with E-state index in [-0.39, 0.29) is 29.3 Å². The zero-order chi connectivity index (χ0) is 20.5. The highest BCUT2D eigenvalue weighted by Crippen LogP contribution is 2.34. The van der Waals surface area contributed by atoms with Crippen LogP contribution in [0.4, 0.5) is 20.2 Å². The lowest BCUT2D eigenvalue weighted by Crippen LogP contribution is -2.36. The molecule has 3 rings (SSSR count). The number of nitrogens with one attached hydrogen (secondary N) is 1. The molecule has 1 N–H and O–H groups in total. The Morgan fingerprint density at radius 1 is 1.14 bits per heavy atom. The van der Waals surface area contributed by atoms with Gasteiger partial charge in [0, 0.05) is 29.1 Å². The minimum Gasteiger partial charge on any atom is -0.309 e. The van der Waals surface area contributed by atoms with Gasteiger partial charge in [0.05, 0.1) is 17.1 Å². The Bertz CT molecular complexity index is 1030. The molecule has 0 saturated heterocycles. The van der Waals surface area contributed by atoms with E-state index in [9.17, 15) is 22.0 Å². The maximum Gasteiger partial charge on any atom is 0.237 e. The molecule has 0 aliphatic carbocycles. The van der Waals surface area contributed by atoms with Crippen LogP contribution < -0.4 is 9.62 Å². The molecule has 1 aliphatic rings. The van der Waals surface area contributed by atoms with E-state index < -0.39 is 27.4 Å². The number of rotatable bonds is 6. The van der Waals surface area contributed by atoms with Crippen LogP contribution in [0.1, 0.15) is 30.9 Å². The minimum absolute atomic E-state index is 0.00819. The number of carbonyl (C=O) groups excluding carboxylic acids is 1. The number of amides is 1. The van der Waals surface area contributed by atoms with Crippen LogP contribution >= 0.6 is 15.9 Å². The molecular weight excluding hydrogens is 454 g/mol. The average molecular weight is 473 g/mol. The maximum atomic E-state index is 14.7. The second kappa shape index (κ2) is 8.16. The van der Waals surface area contributed by atoms with Gasteiger partial charge in [-0.05, 0) is 36.6 Å². The van der Waals surface area contributed by atoms with Gasteiger partial charge in [-0.15, -0.1) is 0 Å². The van der Waals surface area contributed by atoms with E-state index in [4.69, 9.17) is 0 Å². The lowest BCUT2D eigenvalue weighted by molar-refractivity contribution is -0.118. The highest BCUT2D eigenvalue weighted by atomic mass is 79.9. The van der Waals surface area contributed by atoms with E-state index in [2.05, 4.69) is 20.7 Å². The van der Waals surface area contributed by atoms with E-state index in [1.807, 2.05) is 6.92 Å². The van der Waals surface area contributed by atoms with Gasteiger partial charge in [-0.25, -0.2) is 17.2 Å². The van der Waals surface area contributed by atoms with Crippen molar-refractivity contribution in [2.45, 2.75) is 31.9 Å². The highest BCUT2D eigenvalue weighted by Gasteiger charge is 2.28. The summed E-state index contributed by atoms with van der Waals surface area (Å²) in [7, 11) is -3.95. The van der Waals surface area contributed by atoms with E-state index in [1.165, 1.54) is 23.1 Å². The molecule has 1 heterocycles. The number of nitrogens with zero attached hydrogens (tertiary/aromatic N) is 1. The summed E-state index contributed by atoms with van der Waals surface area (Å²) in [5.41, 5.74) is 0.842. The number of anilines is 2. The predicted octanol–water partition coefficient (Wildman–Crippen LogP) is 4.36. The third-order valence-electron chi connectivity index (χ3n) is 4.40. The lowest BCUT2D eigenvalue weighted by Gasteiger charge is -2.30. The molecule has 2 aromatic rings. The Labute approximate surface area is 170 Å². The lowest BCUT2D eigenvalue weighted by atomic mass is 10.00. The zero-order valence-corrected chi connectivity index (χ0v) is 17.5. The molecule has 0 atom stereocenters. The van der Waals surface area contributed by atoms with Gasteiger partial charge in [0.15, 0.2) is 0 Å². The molecule has 9 heteroatoms. The molecule has 150 valence electrons. The van der Waals surface area contributed by atoms with Gasteiger partial charge in [0.2, 0.25) is 15.9 Å². The molecule has 0 unspecified atom stereocenters. The van der Waals surface area contributed by atoms with Crippen molar-refractivity contribution in [1.29, 1.82) is 0 Å². The predicted molar refractivity (Wildman–Crippen MR) is 108 cm³/mol. The van der Waals surface area contributed by atoms with Crippen molar-refractivity contribution in [1.82, 2.24) is 0 Å². The van der Waals surface area contributed by atoms with Crippen LogP contribution in [0.25, 0.3) is 0 Å². The second-order valence-electron chi connectivity index (χ2n) is 6.61. The Balaban J connectivity index is 1.86. The maximum absolute atomic E-state index is 14.7. The van der Waals surface area contributed by atoms with Crippen LogP contribution in [-0.4, -0.2) is 20.9 Å². The van der Waals surface area contributed by atoms with Crippen molar-refractivity contribution >= 4 is 43.2 Å². The molecule has 1 aliphatic heterocycles. The summed E-state index contributed by atoms with van der Waals surface area (Å²) in [4.78, 5) is 13.5. The molecule has 2 aromatic carbocycles. The molecule has 0 fully saturated rings. The van der Waals surface area contributed by atoms with Crippen molar-refractivity contribution < 1.29 is 22.0 Å². The SMILES string of the molecule is CCCN1C(=O)CCc2cc(NS(=O)(=O)Cc3ccc(Br)cc3F)cc(F)c21. The van der Waals surface area contributed by atoms with Crippen molar-refractivity contribution in [2.24, 2.45) is 0 Å². The van der Waals surface area contributed by atoms with Gasteiger partial charge in [-0.3, -0.25) is 9.52 Å². The summed E-state index contributed by atoms with van der Waals surface area (Å²) in [6.07, 6.45) is 1.26. The Hall–Kier alpha value is -2.00. The number of fused-ring (bicyclic) bond motifs is 1. The summed E-state index contributed by atoms with van der Waals surface area (Å²) in [5, 5.41) is 0. The van der Waals surface area contributed by atoms with Crippen LogP contribution in [0.5, 0.6) is 0 Å². The summed E-state index contributed by atoms with van der Waals surface area (Å²) in [5.74, 6) is -2.03. The van der Waals surface area contributed by atoms with Crippen LogP contribution in [0.3, 0.4) is 0 Å². The van der Waals surface area contributed by atoms with Crippen molar-refractivity contribution in [3.63, 3.8) is 0 Å². The summed E-state index contributed by atoms with van der Waals surface area (Å²) >= 11 is 3.12. The third kappa shape index (κ3) is 4.52. The average Bonchev–Trinajstić information content (AvgIpc) is 2.59. The highest BCUT2D eigenvalue weighted by molar-refractivity contribution is 9.10. The molecule has 5 nitrogen and oxygen atoms in total. The first-order chi connectivity index (χ1) is 13.2. The standard InChI is InChI=1S/C19H19BrF2N2O3S/c1-2-7-24-18(25)6-4-12-8-15(10-17(22)19(12)24)23-28(26,27)11-13-3-5-14(20)9-16(13)21/h3,5,8-10,23H,2,4,6-7,11H2,1H3. The molecule has 0 spiro atoms. The number of carbonyl (C=O) groups is 1. The molecular formula is C19H19BrF2N2O3S. The second-order valence-corrected chi connectivity index (χ2v) is 9.25. The molecule has 0 radical (unpaired) electrons. The van der Waals surface area contributed by atoms with Crippen molar-refractivity contribution in [3.8, 4) is 0 Å². The quantitative estimate of drug-likeness (QED) is 0.678. The molecule has 0 aromatic heterocycles. The van der Waals surface area contributed by atoms with Gasteiger partial charge < -0.3 is 4.90 Å². The fourth-order valence-electron chi connectivity index (χ4n) is 3.23. The number of sulfonamides is 1. The molecule has 0 saturated carbocycles. The van der Waals surface area contributed by atoms with E-state index in [1.54, 1.807) is 6.07 Å². The van der Waals surface area contributed by atoms with Crippen LogP contribution in [0.15, 0.2) is 34.8 Å². The van der Waals surface area contributed by atoms with Gasteiger partial charge in [-0.1, -0.05) is 28.9 Å². The summed E-state index contributed by atoms with van der Waals surface area (Å²) < 4.78 is 56.3. The van der Waals surface area contributed by atoms with E-state index >= 15 is 0 Å². The fourth-order valence-corrected chi connectivity index (χ4v) is 4.75. The molecule has 1 amide bonds. The number of hydrogen-bond donors (Lipinski definition) is 1. The third-order valence-corrected chi connectivity index (χ3v) is 6.13. The zero-order valence-electron chi connectivity index (χ0n) is 15.1. The number of benzene rings is 2. The van der Waals surface area contributed by atoms with Gasteiger partial charge >= 0.3 is 0 Å². The number of aryl methyl sites for hydroxylation is 1. The molecule has 28 heavy (non-hydrogen) atoms. The first-order valence-corrected chi connectivity index (χ1v) is 11.2. The Morgan fingerprint density at radius 3 is 2.57 bits per heavy atom. The van der Waals surface area contributed by atoms with Crippen molar-refractivity contribution in [2.75, 3.05) is 16.2 Å². The van der Waals surface area contributed by atoms with E-state index in [0.717, 1.165) is 6.07 Å². The van der Waals surface area contributed by atoms with Crippen LogP contribution in [0, 0.1) is 11.6 Å². The van der Waals surface area contributed by atoms with Gasteiger partial charge in [0.25, 0.3) is 0 Å². The summed E-state index contributed by atoms with van der Waals surface area (Å²) in [6.45, 7) is 2.29. The van der Waals surface area contributed by atoms with Gasteiger partial charge in [-0.2, -0.15) is 0 Å². The van der Waals surface area contributed by atoms with Crippen LogP contribution in [0.2, 0.25) is 0 Å². The fraction of sp³-hybridized carbons (Fsp3) is 0.316. The first kappa shape index (κ1) is 20.7. The number of halogens is 3. The topological polar surface area (TPSA) is 66.5 Å². The van der Waals surface area contributed by atoms with E-state index in [0.29, 0.717) is 29.4 Å². The first-order valence-electron chi connectivity index (χ1n) is 8.77. The van der Waals surface area contributed by atoms with Gasteiger partial charge in [0.1, 0.15) is 11.6 Å². The monoisotopic (exact) mass is 472 g/mol. The van der Waals surface area contributed by atoms with Crippen LogP contribution in [-0.2, 0) is 27.0 Å². The summed E-state index contributed by atoms with van der Waals surface area (Å²) in [6, 6.07) is 6.69. The largest absolute Gasteiger partial charge is 0.309 e. The Morgan fingerprint density at radius 2 is 1.89 bits per heavy atom. The minimum atomic E-state index is -3.95. The van der Waals surface area contributed by atoms with Crippen molar-refractivity contribution in [3.05, 3.63) is 57.6 Å².